The van der Waals surface area contributed by atoms with Crippen molar-refractivity contribution in [3.05, 3.63) is 40.6 Å². The predicted molar refractivity (Wildman–Crippen MR) is 94.6 cm³/mol. The number of rotatable bonds is 7. The van der Waals surface area contributed by atoms with Crippen molar-refractivity contribution in [1.82, 2.24) is 0 Å². The van der Waals surface area contributed by atoms with Gasteiger partial charge in [0.2, 0.25) is 6.79 Å². The van der Waals surface area contributed by atoms with Crippen molar-refractivity contribution in [3.8, 4) is 11.5 Å². The first-order valence-corrected chi connectivity index (χ1v) is 8.87. The quantitative estimate of drug-likeness (QED) is 0.591. The number of esters is 1. The van der Waals surface area contributed by atoms with Gasteiger partial charge in [-0.3, -0.25) is 14.4 Å². The molecule has 0 saturated heterocycles. The van der Waals surface area contributed by atoms with E-state index in [2.05, 4.69) is 5.32 Å². The summed E-state index contributed by atoms with van der Waals surface area (Å²) in [6.45, 7) is 1.62. The molecule has 3 rings (SSSR count). The van der Waals surface area contributed by atoms with Crippen molar-refractivity contribution < 1.29 is 28.6 Å². The minimum absolute atomic E-state index is 0.0514. The number of hydrogen-bond donors (Lipinski definition) is 1. The summed E-state index contributed by atoms with van der Waals surface area (Å²) in [7, 11) is 0. The van der Waals surface area contributed by atoms with Gasteiger partial charge in [0.05, 0.1) is 11.3 Å². The van der Waals surface area contributed by atoms with Crippen LogP contribution >= 0.6 is 11.3 Å². The highest BCUT2D eigenvalue weighted by molar-refractivity contribution is 7.12. The maximum Gasteiger partial charge on any atom is 0.307 e. The fourth-order valence-electron chi connectivity index (χ4n) is 2.30. The molecule has 0 fully saturated rings. The number of carbonyl (C=O) groups excluding carboxylic acids is 3. The lowest BCUT2D eigenvalue weighted by molar-refractivity contribution is -0.153. The molecule has 1 aromatic heterocycles. The smallest absolute Gasteiger partial charge is 0.307 e. The molecule has 2 aromatic rings. The Balaban J connectivity index is 1.46. The molecular weight excluding hydrogens is 358 g/mol. The van der Waals surface area contributed by atoms with Crippen LogP contribution in [0.3, 0.4) is 0 Å². The molecule has 136 valence electrons. The Morgan fingerprint density at radius 2 is 2.00 bits per heavy atom. The van der Waals surface area contributed by atoms with Gasteiger partial charge in [-0.15, -0.1) is 11.3 Å². The van der Waals surface area contributed by atoms with Crippen LogP contribution in [0.25, 0.3) is 0 Å². The third-order valence-electron chi connectivity index (χ3n) is 3.67. The largest absolute Gasteiger partial charge is 0.454 e. The van der Waals surface area contributed by atoms with Crippen molar-refractivity contribution in [2.24, 2.45) is 0 Å². The molecule has 7 nitrogen and oxygen atoms in total. The summed E-state index contributed by atoms with van der Waals surface area (Å²) >= 11 is 1.33. The van der Waals surface area contributed by atoms with E-state index in [0.717, 1.165) is 0 Å². The topological polar surface area (TPSA) is 90.9 Å². The lowest BCUT2D eigenvalue weighted by Gasteiger charge is -2.13. The van der Waals surface area contributed by atoms with E-state index in [1.807, 2.05) is 0 Å². The number of benzene rings is 1. The van der Waals surface area contributed by atoms with Crippen molar-refractivity contribution in [1.29, 1.82) is 0 Å². The Kier molecular flexibility index (Phi) is 5.52. The van der Waals surface area contributed by atoms with Crippen LogP contribution in [-0.4, -0.2) is 30.6 Å². The fourth-order valence-corrected chi connectivity index (χ4v) is 3.00. The van der Waals surface area contributed by atoms with Gasteiger partial charge in [0.25, 0.3) is 5.91 Å². The zero-order valence-corrected chi connectivity index (χ0v) is 14.8. The molecular formula is C18H17NO6S. The summed E-state index contributed by atoms with van der Waals surface area (Å²) in [5, 5.41) is 4.45. The monoisotopic (exact) mass is 375 g/mol. The molecule has 1 aliphatic heterocycles. The van der Waals surface area contributed by atoms with Crippen LogP contribution in [0.1, 0.15) is 29.4 Å². The number of ketones is 1. The number of hydrogen-bond acceptors (Lipinski definition) is 7. The average Bonchev–Trinajstić information content (AvgIpc) is 3.30. The van der Waals surface area contributed by atoms with Crippen molar-refractivity contribution in [2.45, 2.75) is 25.9 Å². The zero-order valence-electron chi connectivity index (χ0n) is 14.0. The Labute approximate surface area is 153 Å². The van der Waals surface area contributed by atoms with Gasteiger partial charge in [0.1, 0.15) is 0 Å². The molecule has 26 heavy (non-hydrogen) atoms. The number of carbonyl (C=O) groups is 3. The molecule has 8 heteroatoms. The lowest BCUT2D eigenvalue weighted by atomic mass is 10.2. The summed E-state index contributed by atoms with van der Waals surface area (Å²) in [6.07, 6.45) is -1.00. The van der Waals surface area contributed by atoms with Crippen LogP contribution in [0.15, 0.2) is 35.7 Å². The standard InChI is InChI=1S/C18H17NO6S/c1-11(25-17(21)7-5-13(20)16-3-2-8-26-16)18(22)19-12-4-6-14-15(9-12)24-10-23-14/h2-4,6,8-9,11H,5,7,10H2,1H3,(H,19,22)/t11-/m1/s1. The van der Waals surface area contributed by atoms with Crippen molar-refractivity contribution in [2.75, 3.05) is 12.1 Å². The molecule has 2 heterocycles. The molecule has 1 N–H and O–H groups in total. The Hall–Kier alpha value is -2.87. The first-order valence-electron chi connectivity index (χ1n) is 7.99. The number of amides is 1. The summed E-state index contributed by atoms with van der Waals surface area (Å²) in [5.74, 6) is -0.0307. The van der Waals surface area contributed by atoms with E-state index < -0.39 is 18.0 Å². The highest BCUT2D eigenvalue weighted by Gasteiger charge is 2.20. The first kappa shape index (κ1) is 17.9. The van der Waals surface area contributed by atoms with Crippen LogP contribution in [-0.2, 0) is 14.3 Å². The summed E-state index contributed by atoms with van der Waals surface area (Å²) < 4.78 is 15.5. The molecule has 0 spiro atoms. The Bertz CT molecular complexity index is 817. The molecule has 0 saturated carbocycles. The molecule has 0 radical (unpaired) electrons. The molecule has 1 amide bonds. The fraction of sp³-hybridized carbons (Fsp3) is 0.278. The summed E-state index contributed by atoms with van der Waals surface area (Å²) in [5.41, 5.74) is 0.509. The van der Waals surface area contributed by atoms with Crippen molar-refractivity contribution in [3.63, 3.8) is 0 Å². The maximum absolute atomic E-state index is 12.1. The molecule has 0 unspecified atom stereocenters. The van der Waals surface area contributed by atoms with Crippen LogP contribution in [0.4, 0.5) is 5.69 Å². The summed E-state index contributed by atoms with van der Waals surface area (Å²) in [4.78, 5) is 36.5. The van der Waals surface area contributed by atoms with E-state index in [1.165, 1.54) is 18.3 Å². The predicted octanol–water partition coefficient (Wildman–Crippen LogP) is 3.01. The second-order valence-corrected chi connectivity index (χ2v) is 6.54. The van der Waals surface area contributed by atoms with Gasteiger partial charge in [0.15, 0.2) is 23.4 Å². The molecule has 1 aromatic carbocycles. The SMILES string of the molecule is C[C@@H](OC(=O)CCC(=O)c1cccs1)C(=O)Nc1ccc2c(c1)OCO2. The number of fused-ring (bicyclic) bond motifs is 1. The van der Waals surface area contributed by atoms with E-state index in [9.17, 15) is 14.4 Å². The highest BCUT2D eigenvalue weighted by atomic mass is 32.1. The van der Waals surface area contributed by atoms with E-state index in [1.54, 1.807) is 35.7 Å². The third kappa shape index (κ3) is 4.40. The third-order valence-corrected chi connectivity index (χ3v) is 4.58. The number of anilines is 1. The van der Waals surface area contributed by atoms with Gasteiger partial charge in [-0.05, 0) is 30.5 Å². The zero-order chi connectivity index (χ0) is 18.5. The normalized spacial score (nSPS) is 13.1. The molecule has 0 bridgehead atoms. The van der Waals surface area contributed by atoms with Crippen molar-refractivity contribution >= 4 is 34.7 Å². The van der Waals surface area contributed by atoms with Gasteiger partial charge in [-0.25, -0.2) is 0 Å². The van der Waals surface area contributed by atoms with Gasteiger partial charge in [-0.2, -0.15) is 0 Å². The Morgan fingerprint density at radius 1 is 1.19 bits per heavy atom. The van der Waals surface area contributed by atoms with Crippen LogP contribution < -0.4 is 14.8 Å². The molecule has 0 aliphatic carbocycles. The van der Waals surface area contributed by atoms with Crippen LogP contribution in [0, 0.1) is 0 Å². The molecule has 1 aliphatic rings. The minimum Gasteiger partial charge on any atom is -0.454 e. The van der Waals surface area contributed by atoms with Crippen LogP contribution in [0.2, 0.25) is 0 Å². The van der Waals surface area contributed by atoms with E-state index in [0.29, 0.717) is 22.1 Å². The summed E-state index contributed by atoms with van der Waals surface area (Å²) in [6, 6.07) is 8.47. The first-order chi connectivity index (χ1) is 12.5. The van der Waals surface area contributed by atoms with Gasteiger partial charge in [0, 0.05) is 18.2 Å². The Morgan fingerprint density at radius 3 is 2.77 bits per heavy atom. The second kappa shape index (κ2) is 8.01. The van der Waals surface area contributed by atoms with E-state index in [4.69, 9.17) is 14.2 Å². The second-order valence-electron chi connectivity index (χ2n) is 5.59. The molecule has 1 atom stereocenters. The number of nitrogens with one attached hydrogen (secondary N) is 1. The van der Waals surface area contributed by atoms with E-state index in [-0.39, 0.29) is 25.4 Å². The number of ether oxygens (including phenoxy) is 3. The highest BCUT2D eigenvalue weighted by Crippen LogP contribution is 2.34. The van der Waals surface area contributed by atoms with E-state index >= 15 is 0 Å². The number of Topliss-reactive ketones (excluding diaryl/α,β-unsaturated/α-hetero) is 1. The van der Waals surface area contributed by atoms with Crippen LogP contribution in [0.5, 0.6) is 11.5 Å². The average molecular weight is 375 g/mol. The lowest BCUT2D eigenvalue weighted by Crippen LogP contribution is -2.30. The van der Waals surface area contributed by atoms with Gasteiger partial charge in [-0.1, -0.05) is 6.07 Å². The van der Waals surface area contributed by atoms with Gasteiger partial charge >= 0.3 is 5.97 Å². The minimum atomic E-state index is -0.982. The maximum atomic E-state index is 12.1. The van der Waals surface area contributed by atoms with Gasteiger partial charge < -0.3 is 19.5 Å². The number of thiophene rings is 1.